The summed E-state index contributed by atoms with van der Waals surface area (Å²) in [5.74, 6) is 0.224. The van der Waals surface area contributed by atoms with Crippen LogP contribution in [-0.4, -0.2) is 42.5 Å². The number of rotatable bonds is 10. The Morgan fingerprint density at radius 3 is 2.60 bits per heavy atom. The summed E-state index contributed by atoms with van der Waals surface area (Å²) in [5.41, 5.74) is 0.255. The predicted octanol–water partition coefficient (Wildman–Crippen LogP) is 1.76. The van der Waals surface area contributed by atoms with Crippen LogP contribution >= 0.6 is 0 Å². The van der Waals surface area contributed by atoms with Gasteiger partial charge < -0.3 is 20.3 Å². The van der Waals surface area contributed by atoms with Gasteiger partial charge in [-0.3, -0.25) is 0 Å². The molecule has 5 nitrogen and oxygen atoms in total. The minimum atomic E-state index is -0.937. The van der Waals surface area contributed by atoms with E-state index in [2.05, 4.69) is 12.2 Å². The largest absolute Gasteiger partial charge is 0.492 e. The van der Waals surface area contributed by atoms with E-state index in [4.69, 9.17) is 14.9 Å². The van der Waals surface area contributed by atoms with Crippen molar-refractivity contribution < 1.29 is 19.7 Å². The Morgan fingerprint density at radius 1 is 1.35 bits per heavy atom. The first-order valence-electron chi connectivity index (χ1n) is 6.95. The number of carbonyl (C=O) groups is 1. The Morgan fingerprint density at radius 2 is 2.05 bits per heavy atom. The van der Waals surface area contributed by atoms with Gasteiger partial charge in [0.25, 0.3) is 0 Å². The molecule has 0 saturated heterocycles. The molecule has 0 saturated carbocycles. The van der Waals surface area contributed by atoms with E-state index in [1.165, 1.54) is 12.1 Å². The van der Waals surface area contributed by atoms with Gasteiger partial charge >= 0.3 is 5.97 Å². The van der Waals surface area contributed by atoms with Crippen molar-refractivity contribution in [2.75, 3.05) is 26.3 Å². The lowest BCUT2D eigenvalue weighted by Gasteiger charge is -2.14. The van der Waals surface area contributed by atoms with Crippen molar-refractivity contribution in [3.63, 3.8) is 0 Å². The van der Waals surface area contributed by atoms with Gasteiger partial charge in [0.1, 0.15) is 12.4 Å². The highest BCUT2D eigenvalue weighted by molar-refractivity contribution is 5.87. The Kier molecular flexibility index (Phi) is 7.69. The number of hydrogen-bond acceptors (Lipinski definition) is 4. The van der Waals surface area contributed by atoms with Crippen molar-refractivity contribution >= 4 is 5.97 Å². The van der Waals surface area contributed by atoms with Crippen molar-refractivity contribution in [3.05, 3.63) is 29.8 Å². The number of nitrogens with one attached hydrogen (secondary N) is 1. The van der Waals surface area contributed by atoms with Crippen molar-refractivity contribution in [3.8, 4) is 5.75 Å². The summed E-state index contributed by atoms with van der Waals surface area (Å²) < 4.78 is 5.51. The first kappa shape index (κ1) is 16.5. The lowest BCUT2D eigenvalue weighted by molar-refractivity contribution is 0.0697. The third kappa shape index (κ3) is 6.04. The average molecular weight is 281 g/mol. The van der Waals surface area contributed by atoms with Gasteiger partial charge in [-0.25, -0.2) is 4.79 Å². The Balaban J connectivity index is 2.19. The smallest absolute Gasteiger partial charge is 0.335 e. The van der Waals surface area contributed by atoms with Gasteiger partial charge in [-0.15, -0.1) is 0 Å². The first-order valence-corrected chi connectivity index (χ1v) is 6.95. The quantitative estimate of drug-likeness (QED) is 0.570. The van der Waals surface area contributed by atoms with E-state index in [1.54, 1.807) is 12.1 Å². The summed E-state index contributed by atoms with van der Waals surface area (Å²) in [6.07, 6.45) is 1.87. The van der Waals surface area contributed by atoms with Crippen LogP contribution in [0, 0.1) is 5.92 Å². The lowest BCUT2D eigenvalue weighted by Crippen LogP contribution is -2.27. The summed E-state index contributed by atoms with van der Waals surface area (Å²) in [4.78, 5) is 10.7. The Labute approximate surface area is 119 Å². The standard InChI is InChI=1S/C15H23NO4/c1-2-12(7-9-17)11-16-8-10-20-14-5-3-13(4-6-14)15(18)19/h3-6,12,16-17H,2,7-11H2,1H3,(H,18,19). The zero-order chi connectivity index (χ0) is 14.8. The molecular formula is C15H23NO4. The molecule has 0 aromatic heterocycles. The average Bonchev–Trinajstić information content (AvgIpc) is 2.46. The van der Waals surface area contributed by atoms with Gasteiger partial charge in [0.15, 0.2) is 0 Å². The van der Waals surface area contributed by atoms with Gasteiger partial charge in [-0.1, -0.05) is 13.3 Å². The fourth-order valence-electron chi connectivity index (χ4n) is 1.87. The predicted molar refractivity (Wildman–Crippen MR) is 77.2 cm³/mol. The van der Waals surface area contributed by atoms with E-state index in [-0.39, 0.29) is 12.2 Å². The molecule has 5 heteroatoms. The number of benzene rings is 1. The summed E-state index contributed by atoms with van der Waals surface area (Å²) in [5, 5.41) is 20.9. The molecule has 0 radical (unpaired) electrons. The van der Waals surface area contributed by atoms with Crippen molar-refractivity contribution in [2.45, 2.75) is 19.8 Å². The SMILES string of the molecule is CCC(CCO)CNCCOc1ccc(C(=O)O)cc1. The minimum Gasteiger partial charge on any atom is -0.492 e. The summed E-state index contributed by atoms with van der Waals surface area (Å²) in [6, 6.07) is 6.37. The number of carboxylic acids is 1. The zero-order valence-electron chi connectivity index (χ0n) is 11.8. The number of aliphatic hydroxyl groups is 1. The molecule has 0 bridgehead atoms. The van der Waals surface area contributed by atoms with Crippen LogP contribution in [0.3, 0.4) is 0 Å². The van der Waals surface area contributed by atoms with E-state index in [9.17, 15) is 4.79 Å². The Bertz CT molecular complexity index is 391. The number of aromatic carboxylic acids is 1. The second-order valence-electron chi connectivity index (χ2n) is 4.67. The molecule has 0 aliphatic carbocycles. The third-order valence-corrected chi connectivity index (χ3v) is 3.20. The summed E-state index contributed by atoms with van der Waals surface area (Å²) >= 11 is 0. The second-order valence-corrected chi connectivity index (χ2v) is 4.67. The summed E-state index contributed by atoms with van der Waals surface area (Å²) in [7, 11) is 0. The Hall–Kier alpha value is -1.59. The maximum Gasteiger partial charge on any atom is 0.335 e. The molecule has 1 aromatic rings. The molecule has 1 unspecified atom stereocenters. The molecule has 0 spiro atoms. The fourth-order valence-corrected chi connectivity index (χ4v) is 1.87. The van der Waals surface area contributed by atoms with Crippen LogP contribution in [0.1, 0.15) is 30.1 Å². The van der Waals surface area contributed by atoms with Crippen molar-refractivity contribution in [1.29, 1.82) is 0 Å². The molecule has 20 heavy (non-hydrogen) atoms. The molecule has 0 heterocycles. The van der Waals surface area contributed by atoms with E-state index in [0.717, 1.165) is 25.9 Å². The molecular weight excluding hydrogens is 258 g/mol. The summed E-state index contributed by atoms with van der Waals surface area (Å²) in [6.45, 7) is 4.47. The van der Waals surface area contributed by atoms with Crippen molar-refractivity contribution in [2.24, 2.45) is 5.92 Å². The molecule has 112 valence electrons. The highest BCUT2D eigenvalue weighted by Crippen LogP contribution is 2.11. The third-order valence-electron chi connectivity index (χ3n) is 3.20. The van der Waals surface area contributed by atoms with Gasteiger partial charge in [0.05, 0.1) is 5.56 Å². The molecule has 0 amide bonds. The molecule has 1 aromatic carbocycles. The molecule has 0 aliphatic heterocycles. The monoisotopic (exact) mass is 281 g/mol. The van der Waals surface area contributed by atoms with Gasteiger partial charge in [-0.2, -0.15) is 0 Å². The van der Waals surface area contributed by atoms with Crippen LogP contribution in [0.5, 0.6) is 5.75 Å². The number of aliphatic hydroxyl groups excluding tert-OH is 1. The van der Waals surface area contributed by atoms with Crippen LogP contribution in [0.15, 0.2) is 24.3 Å². The van der Waals surface area contributed by atoms with E-state index < -0.39 is 5.97 Å². The second kappa shape index (κ2) is 9.34. The maximum absolute atomic E-state index is 10.7. The van der Waals surface area contributed by atoms with E-state index in [1.807, 2.05) is 0 Å². The minimum absolute atomic E-state index is 0.229. The number of carboxylic acid groups (broad SMARTS) is 1. The fraction of sp³-hybridized carbons (Fsp3) is 0.533. The van der Waals surface area contributed by atoms with Crippen LogP contribution < -0.4 is 10.1 Å². The molecule has 0 aliphatic rings. The van der Waals surface area contributed by atoms with Crippen molar-refractivity contribution in [1.82, 2.24) is 5.32 Å². The topological polar surface area (TPSA) is 78.8 Å². The normalized spacial score (nSPS) is 12.1. The maximum atomic E-state index is 10.7. The molecule has 1 rings (SSSR count). The highest BCUT2D eigenvalue weighted by Gasteiger charge is 2.05. The van der Waals surface area contributed by atoms with Crippen LogP contribution in [0.2, 0.25) is 0 Å². The lowest BCUT2D eigenvalue weighted by atomic mass is 10.0. The molecule has 1 atom stereocenters. The number of ether oxygens (including phenoxy) is 1. The van der Waals surface area contributed by atoms with Gasteiger partial charge in [0.2, 0.25) is 0 Å². The molecule has 0 fully saturated rings. The van der Waals surface area contributed by atoms with Crippen LogP contribution in [-0.2, 0) is 0 Å². The van der Waals surface area contributed by atoms with Crippen LogP contribution in [0.25, 0.3) is 0 Å². The first-order chi connectivity index (χ1) is 9.67. The van der Waals surface area contributed by atoms with Gasteiger partial charge in [0, 0.05) is 13.2 Å². The highest BCUT2D eigenvalue weighted by atomic mass is 16.5. The van der Waals surface area contributed by atoms with E-state index >= 15 is 0 Å². The number of hydrogen-bond donors (Lipinski definition) is 3. The molecule has 3 N–H and O–H groups in total. The van der Waals surface area contributed by atoms with Crippen LogP contribution in [0.4, 0.5) is 0 Å². The van der Waals surface area contributed by atoms with Gasteiger partial charge in [-0.05, 0) is 43.1 Å². The zero-order valence-corrected chi connectivity index (χ0v) is 11.8. The van der Waals surface area contributed by atoms with E-state index in [0.29, 0.717) is 18.3 Å².